The van der Waals surface area contributed by atoms with Crippen LogP contribution in [0.15, 0.2) is 78.9 Å². The van der Waals surface area contributed by atoms with Gasteiger partial charge in [-0.15, -0.1) is 10.2 Å². The zero-order valence-electron chi connectivity index (χ0n) is 17.2. The highest BCUT2D eigenvalue weighted by Gasteiger charge is 2.23. The molecule has 1 atom stereocenters. The molecule has 0 aliphatic carbocycles. The number of aromatic nitrogens is 2. The van der Waals surface area contributed by atoms with E-state index in [1.807, 2.05) is 30.3 Å². The van der Waals surface area contributed by atoms with Gasteiger partial charge in [0, 0.05) is 22.6 Å². The summed E-state index contributed by atoms with van der Waals surface area (Å²) in [6, 6.07) is 20.8. The zero-order valence-corrected chi connectivity index (χ0v) is 18.7. The van der Waals surface area contributed by atoms with E-state index < -0.39 is 17.9 Å². The molecule has 9 heteroatoms. The van der Waals surface area contributed by atoms with Crippen LogP contribution in [0.3, 0.4) is 0 Å². The van der Waals surface area contributed by atoms with Crippen LogP contribution in [0.5, 0.6) is 0 Å². The Morgan fingerprint density at radius 2 is 1.73 bits per heavy atom. The summed E-state index contributed by atoms with van der Waals surface area (Å²) < 4.78 is 13.2. The molecule has 1 unspecified atom stereocenters. The lowest BCUT2D eigenvalue weighted by molar-refractivity contribution is -0.118. The fourth-order valence-electron chi connectivity index (χ4n) is 3.11. The third-order valence-electron chi connectivity index (χ3n) is 4.74. The lowest BCUT2D eigenvalue weighted by Crippen LogP contribution is -2.45. The minimum atomic E-state index is -0.864. The van der Waals surface area contributed by atoms with Gasteiger partial charge in [0.25, 0.3) is 5.91 Å². The molecular formula is C24H18ClFN4O2S. The van der Waals surface area contributed by atoms with Crippen molar-refractivity contribution >= 4 is 39.9 Å². The van der Waals surface area contributed by atoms with Crippen LogP contribution < -0.4 is 10.6 Å². The average Bonchev–Trinajstić information content (AvgIpc) is 3.28. The Kier molecular flexibility index (Phi) is 7.07. The van der Waals surface area contributed by atoms with Crippen LogP contribution in [0.25, 0.3) is 10.6 Å². The van der Waals surface area contributed by atoms with Crippen molar-refractivity contribution in [3.05, 3.63) is 101 Å². The molecule has 2 amide bonds. The molecule has 166 valence electrons. The molecule has 6 nitrogen and oxygen atoms in total. The maximum absolute atomic E-state index is 13.2. The molecule has 33 heavy (non-hydrogen) atoms. The Balaban J connectivity index is 1.51. The normalized spacial score (nSPS) is 11.6. The molecule has 1 aromatic heterocycles. The van der Waals surface area contributed by atoms with Crippen LogP contribution in [0.2, 0.25) is 5.02 Å². The van der Waals surface area contributed by atoms with Crippen LogP contribution >= 0.6 is 22.9 Å². The first-order valence-electron chi connectivity index (χ1n) is 9.98. The molecule has 1 heterocycles. The van der Waals surface area contributed by atoms with Gasteiger partial charge in [-0.25, -0.2) is 4.39 Å². The Hall–Kier alpha value is -3.62. The monoisotopic (exact) mass is 480 g/mol. The van der Waals surface area contributed by atoms with E-state index in [1.54, 1.807) is 30.3 Å². The highest BCUT2D eigenvalue weighted by Crippen LogP contribution is 2.26. The number of amides is 2. The van der Waals surface area contributed by atoms with Gasteiger partial charge in [-0.05, 0) is 48.0 Å². The van der Waals surface area contributed by atoms with Crippen molar-refractivity contribution in [2.24, 2.45) is 0 Å². The van der Waals surface area contributed by atoms with E-state index in [4.69, 9.17) is 11.6 Å². The number of hydrogen-bond donors (Lipinski definition) is 2. The maximum Gasteiger partial charge on any atom is 0.251 e. The molecule has 0 aliphatic rings. The first-order chi connectivity index (χ1) is 16.0. The van der Waals surface area contributed by atoms with E-state index in [9.17, 15) is 14.0 Å². The van der Waals surface area contributed by atoms with Crippen LogP contribution in [0.4, 0.5) is 9.52 Å². The summed E-state index contributed by atoms with van der Waals surface area (Å²) in [4.78, 5) is 25.8. The average molecular weight is 481 g/mol. The van der Waals surface area contributed by atoms with E-state index in [1.165, 1.54) is 18.2 Å². The number of carbonyl (C=O) groups is 2. The molecule has 0 radical (unpaired) electrons. The SMILES string of the molecule is O=C(NC(Cc1ccccc1)C(=O)Nc1nnc(-c2ccc(F)cc2)s1)c1cccc(Cl)c1. The largest absolute Gasteiger partial charge is 0.340 e. The number of anilines is 1. The van der Waals surface area contributed by atoms with Gasteiger partial charge in [-0.3, -0.25) is 14.9 Å². The van der Waals surface area contributed by atoms with Gasteiger partial charge < -0.3 is 5.32 Å². The first kappa shape index (κ1) is 22.6. The highest BCUT2D eigenvalue weighted by atomic mass is 35.5. The minimum Gasteiger partial charge on any atom is -0.340 e. The molecule has 3 aromatic carbocycles. The van der Waals surface area contributed by atoms with Crippen LogP contribution in [0.1, 0.15) is 15.9 Å². The number of benzene rings is 3. The van der Waals surface area contributed by atoms with Gasteiger partial charge in [0.05, 0.1) is 0 Å². The summed E-state index contributed by atoms with van der Waals surface area (Å²) in [6.07, 6.45) is 0.280. The van der Waals surface area contributed by atoms with Gasteiger partial charge in [0.2, 0.25) is 11.0 Å². The highest BCUT2D eigenvalue weighted by molar-refractivity contribution is 7.18. The number of nitrogens with one attached hydrogen (secondary N) is 2. The van der Waals surface area contributed by atoms with Crippen molar-refractivity contribution in [3.8, 4) is 10.6 Å². The molecular weight excluding hydrogens is 463 g/mol. The number of nitrogens with zero attached hydrogens (tertiary/aromatic N) is 2. The topological polar surface area (TPSA) is 84.0 Å². The Morgan fingerprint density at radius 3 is 2.45 bits per heavy atom. The molecule has 4 aromatic rings. The smallest absolute Gasteiger partial charge is 0.251 e. The molecule has 0 bridgehead atoms. The van der Waals surface area contributed by atoms with Crippen molar-refractivity contribution in [1.82, 2.24) is 15.5 Å². The molecule has 0 saturated carbocycles. The van der Waals surface area contributed by atoms with E-state index in [-0.39, 0.29) is 17.4 Å². The summed E-state index contributed by atoms with van der Waals surface area (Å²) in [6.45, 7) is 0. The van der Waals surface area contributed by atoms with Crippen molar-refractivity contribution in [2.45, 2.75) is 12.5 Å². The zero-order chi connectivity index (χ0) is 23.2. The van der Waals surface area contributed by atoms with Crippen molar-refractivity contribution < 1.29 is 14.0 Å². The predicted octanol–water partition coefficient (Wildman–Crippen LogP) is 4.98. The van der Waals surface area contributed by atoms with Crippen molar-refractivity contribution in [1.29, 1.82) is 0 Å². The summed E-state index contributed by atoms with van der Waals surface area (Å²) in [5, 5.41) is 14.8. The lowest BCUT2D eigenvalue weighted by Gasteiger charge is -2.18. The summed E-state index contributed by atoms with van der Waals surface area (Å²) in [5.41, 5.74) is 1.92. The molecule has 0 fully saturated rings. The van der Waals surface area contributed by atoms with E-state index in [0.717, 1.165) is 16.9 Å². The standard InChI is InChI=1S/C24H18ClFN4O2S/c25-18-8-4-7-17(14-18)21(31)27-20(13-15-5-2-1-3-6-15)22(32)28-24-30-29-23(33-24)16-9-11-19(26)12-10-16/h1-12,14,20H,13H2,(H,27,31)(H,28,30,32). The maximum atomic E-state index is 13.2. The lowest BCUT2D eigenvalue weighted by atomic mass is 10.0. The molecule has 0 saturated heterocycles. The number of halogens is 2. The Bertz CT molecular complexity index is 1260. The number of carbonyl (C=O) groups excluding carboxylic acids is 2. The summed E-state index contributed by atoms with van der Waals surface area (Å²) >= 11 is 7.15. The molecule has 4 rings (SSSR count). The van der Waals surface area contributed by atoms with Crippen molar-refractivity contribution in [2.75, 3.05) is 5.32 Å². The number of rotatable bonds is 7. The van der Waals surface area contributed by atoms with E-state index >= 15 is 0 Å². The fraction of sp³-hybridized carbons (Fsp3) is 0.0833. The predicted molar refractivity (Wildman–Crippen MR) is 127 cm³/mol. The second-order valence-electron chi connectivity index (χ2n) is 7.13. The second-order valence-corrected chi connectivity index (χ2v) is 8.55. The van der Waals surface area contributed by atoms with E-state index in [2.05, 4.69) is 20.8 Å². The van der Waals surface area contributed by atoms with E-state index in [0.29, 0.717) is 21.2 Å². The summed E-state index contributed by atoms with van der Waals surface area (Å²) in [7, 11) is 0. The summed E-state index contributed by atoms with van der Waals surface area (Å²) in [5.74, 6) is -1.20. The van der Waals surface area contributed by atoms with Gasteiger partial charge >= 0.3 is 0 Å². The Morgan fingerprint density at radius 1 is 0.970 bits per heavy atom. The third kappa shape index (κ3) is 6.00. The van der Waals surface area contributed by atoms with Crippen LogP contribution in [-0.2, 0) is 11.2 Å². The van der Waals surface area contributed by atoms with Gasteiger partial charge in [0.15, 0.2) is 0 Å². The third-order valence-corrected chi connectivity index (χ3v) is 5.86. The van der Waals surface area contributed by atoms with Crippen LogP contribution in [-0.4, -0.2) is 28.1 Å². The van der Waals surface area contributed by atoms with Gasteiger partial charge in [0.1, 0.15) is 16.9 Å². The van der Waals surface area contributed by atoms with Gasteiger partial charge in [-0.2, -0.15) is 0 Å². The van der Waals surface area contributed by atoms with Crippen LogP contribution in [0, 0.1) is 5.82 Å². The first-order valence-corrected chi connectivity index (χ1v) is 11.2. The minimum absolute atomic E-state index is 0.273. The number of hydrogen-bond acceptors (Lipinski definition) is 5. The quantitative estimate of drug-likeness (QED) is 0.391. The second kappa shape index (κ2) is 10.3. The molecule has 0 spiro atoms. The van der Waals surface area contributed by atoms with Gasteiger partial charge in [-0.1, -0.05) is 59.3 Å². The van der Waals surface area contributed by atoms with Crippen molar-refractivity contribution in [3.63, 3.8) is 0 Å². The Labute approximate surface area is 198 Å². The molecule has 0 aliphatic heterocycles. The fourth-order valence-corrected chi connectivity index (χ4v) is 4.05. The molecule has 2 N–H and O–H groups in total.